The van der Waals surface area contributed by atoms with Crippen molar-refractivity contribution in [1.82, 2.24) is 15.5 Å². The number of piperazine rings is 1. The summed E-state index contributed by atoms with van der Waals surface area (Å²) in [7, 11) is 0. The Morgan fingerprint density at radius 2 is 1.72 bits per heavy atom. The highest BCUT2D eigenvalue weighted by molar-refractivity contribution is 6.03. The van der Waals surface area contributed by atoms with Crippen molar-refractivity contribution in [3.63, 3.8) is 0 Å². The van der Waals surface area contributed by atoms with Gasteiger partial charge in [0.05, 0.1) is 12.6 Å². The van der Waals surface area contributed by atoms with E-state index < -0.39 is 23.2 Å². The van der Waals surface area contributed by atoms with Crippen molar-refractivity contribution in [3.05, 3.63) is 106 Å². The summed E-state index contributed by atoms with van der Waals surface area (Å²) in [5.41, 5.74) is 6.64. The van der Waals surface area contributed by atoms with Crippen LogP contribution in [0.15, 0.2) is 66.2 Å². The molecule has 5 nitrogen and oxygen atoms in total. The van der Waals surface area contributed by atoms with Crippen molar-refractivity contribution in [2.45, 2.75) is 63.6 Å². The third-order valence-corrected chi connectivity index (χ3v) is 8.82. The fourth-order valence-electron chi connectivity index (χ4n) is 6.33. The van der Waals surface area contributed by atoms with Crippen molar-refractivity contribution in [2.75, 3.05) is 26.2 Å². The molecule has 2 atom stereocenters. The predicted octanol–water partition coefficient (Wildman–Crippen LogP) is 5.74. The molecule has 0 spiro atoms. The zero-order chi connectivity index (χ0) is 29.9. The van der Waals surface area contributed by atoms with Crippen molar-refractivity contribution in [2.24, 2.45) is 0 Å². The first-order chi connectivity index (χ1) is 20.9. The number of hydrogen-bond acceptors (Lipinski definition) is 4. The number of fused-ring (bicyclic) bond motifs is 2. The second-order valence-corrected chi connectivity index (χ2v) is 11.9. The smallest absolute Gasteiger partial charge is 0.251 e. The number of rotatable bonds is 11. The summed E-state index contributed by atoms with van der Waals surface area (Å²) < 4.78 is 46.4. The number of amides is 1. The number of carbonyl (C=O) groups excluding carboxylic acids is 1. The maximum absolute atomic E-state index is 14.3. The first kappa shape index (κ1) is 29.5. The number of aryl methyl sites for hydroxylation is 2. The molecule has 1 aliphatic carbocycles. The molecule has 2 fully saturated rings. The van der Waals surface area contributed by atoms with Crippen LogP contribution in [0.2, 0.25) is 0 Å². The van der Waals surface area contributed by atoms with Crippen LogP contribution in [0.25, 0.3) is 5.57 Å². The monoisotopic (exact) mass is 589 g/mol. The summed E-state index contributed by atoms with van der Waals surface area (Å²) >= 11 is 0. The van der Waals surface area contributed by atoms with E-state index in [0.717, 1.165) is 73.2 Å². The van der Waals surface area contributed by atoms with Crippen molar-refractivity contribution in [1.29, 1.82) is 0 Å². The number of ether oxygens (including phenoxy) is 1. The first-order valence-electron chi connectivity index (χ1n) is 15.3. The summed E-state index contributed by atoms with van der Waals surface area (Å²) in [4.78, 5) is 16.4. The van der Waals surface area contributed by atoms with Crippen LogP contribution >= 0.6 is 0 Å². The molecule has 3 aromatic carbocycles. The Labute approximate surface area is 251 Å². The molecule has 43 heavy (non-hydrogen) atoms. The molecular formula is C35H38F3N3O2. The second kappa shape index (κ2) is 12.9. The second-order valence-electron chi connectivity index (χ2n) is 11.9. The van der Waals surface area contributed by atoms with E-state index in [1.807, 2.05) is 18.2 Å². The largest absolute Gasteiger partial charge is 0.488 e. The maximum Gasteiger partial charge on any atom is 0.251 e. The van der Waals surface area contributed by atoms with Gasteiger partial charge in [0.25, 0.3) is 5.91 Å². The number of carbonyl (C=O) groups is 1. The number of halogens is 3. The van der Waals surface area contributed by atoms with Crippen LogP contribution in [0, 0.1) is 24.4 Å². The molecule has 6 rings (SSSR count). The molecule has 2 N–H and O–H groups in total. The molecule has 2 bridgehead atoms. The fraction of sp³-hybridized carbons (Fsp3) is 0.400. The average Bonchev–Trinajstić information content (AvgIpc) is 3.85. The highest BCUT2D eigenvalue weighted by Crippen LogP contribution is 2.36. The van der Waals surface area contributed by atoms with Gasteiger partial charge >= 0.3 is 0 Å². The minimum absolute atomic E-state index is 0.0323. The van der Waals surface area contributed by atoms with Crippen LogP contribution in [-0.4, -0.2) is 55.2 Å². The minimum atomic E-state index is -1.31. The van der Waals surface area contributed by atoms with Crippen LogP contribution in [0.1, 0.15) is 47.9 Å². The van der Waals surface area contributed by atoms with Gasteiger partial charge in [-0.25, -0.2) is 8.78 Å². The van der Waals surface area contributed by atoms with E-state index in [0.29, 0.717) is 25.4 Å². The molecule has 2 unspecified atom stereocenters. The van der Waals surface area contributed by atoms with Gasteiger partial charge in [-0.05, 0) is 85.4 Å². The van der Waals surface area contributed by atoms with Crippen molar-refractivity contribution < 1.29 is 22.7 Å². The van der Waals surface area contributed by atoms with E-state index in [4.69, 9.17) is 4.74 Å². The molecular weight excluding hydrogens is 551 g/mol. The number of benzene rings is 3. The Hall–Kier alpha value is -3.62. The Morgan fingerprint density at radius 3 is 2.49 bits per heavy atom. The summed E-state index contributed by atoms with van der Waals surface area (Å²) in [6, 6.07) is 18.8. The minimum Gasteiger partial charge on any atom is -0.488 e. The van der Waals surface area contributed by atoms with Crippen LogP contribution in [-0.2, 0) is 17.6 Å². The van der Waals surface area contributed by atoms with E-state index in [2.05, 4.69) is 52.8 Å². The van der Waals surface area contributed by atoms with Crippen LogP contribution in [0.5, 0.6) is 5.75 Å². The highest BCUT2D eigenvalue weighted by atomic mass is 19.2. The summed E-state index contributed by atoms with van der Waals surface area (Å²) in [6.45, 7) is 4.48. The van der Waals surface area contributed by atoms with E-state index in [1.54, 1.807) is 0 Å². The fourth-order valence-corrected chi connectivity index (χ4v) is 6.33. The molecule has 3 aliphatic rings. The molecule has 0 aromatic heterocycles. The lowest BCUT2D eigenvalue weighted by molar-refractivity contribution is -0.128. The van der Waals surface area contributed by atoms with Gasteiger partial charge in [-0.3, -0.25) is 4.79 Å². The third kappa shape index (κ3) is 6.65. The zero-order valence-corrected chi connectivity index (χ0v) is 24.5. The highest BCUT2D eigenvalue weighted by Gasteiger charge is 2.40. The lowest BCUT2D eigenvalue weighted by Gasteiger charge is -2.41. The molecule has 1 saturated carbocycles. The molecule has 2 heterocycles. The van der Waals surface area contributed by atoms with Crippen molar-refractivity contribution in [3.8, 4) is 5.75 Å². The van der Waals surface area contributed by atoms with E-state index in [9.17, 15) is 18.0 Å². The van der Waals surface area contributed by atoms with E-state index in [1.165, 1.54) is 11.1 Å². The zero-order valence-electron chi connectivity index (χ0n) is 24.5. The lowest BCUT2D eigenvalue weighted by atomic mass is 9.83. The van der Waals surface area contributed by atoms with Gasteiger partial charge < -0.3 is 20.3 Å². The topological polar surface area (TPSA) is 53.6 Å². The van der Waals surface area contributed by atoms with Gasteiger partial charge in [-0.15, -0.1) is 0 Å². The number of hydrogen-bond donors (Lipinski definition) is 2. The average molecular weight is 590 g/mol. The van der Waals surface area contributed by atoms with Gasteiger partial charge in [0, 0.05) is 37.3 Å². The molecule has 0 radical (unpaired) electrons. The van der Waals surface area contributed by atoms with Crippen LogP contribution in [0.4, 0.5) is 13.2 Å². The SMILES string of the molecule is Cc1ccccc1CCN(C(=O)C1=C(c2ccc(CCCOc3c(F)ccc(F)c3F)cc2)CC2CNCC1N2)C1CC1. The quantitative estimate of drug-likeness (QED) is 0.221. The Kier molecular flexibility index (Phi) is 8.86. The Bertz CT molecular complexity index is 1500. The van der Waals surface area contributed by atoms with E-state index >= 15 is 0 Å². The van der Waals surface area contributed by atoms with Gasteiger partial charge in [0.2, 0.25) is 5.82 Å². The standard InChI is InChI=1S/C35H38F3N3O2/c1-22-5-2-3-7-24(22)16-17-41(27-12-13-27)35(42)32-28(19-26-20-39-21-31(32)40-26)25-10-8-23(9-11-25)6-4-18-43-34-30(37)15-14-29(36)33(34)38/h2-3,5,7-11,14-15,26-27,31,39-40H,4,6,12-13,16-21H2,1H3. The molecule has 1 saturated heterocycles. The van der Waals surface area contributed by atoms with Gasteiger partial charge in [0.1, 0.15) is 0 Å². The van der Waals surface area contributed by atoms with Gasteiger partial charge in [-0.1, -0.05) is 48.5 Å². The van der Waals surface area contributed by atoms with E-state index in [-0.39, 0.29) is 24.6 Å². The maximum atomic E-state index is 14.3. The predicted molar refractivity (Wildman–Crippen MR) is 161 cm³/mol. The number of nitrogens with one attached hydrogen (secondary N) is 2. The Morgan fingerprint density at radius 1 is 0.953 bits per heavy atom. The van der Waals surface area contributed by atoms with Crippen molar-refractivity contribution >= 4 is 11.5 Å². The van der Waals surface area contributed by atoms with Gasteiger partial charge in [-0.2, -0.15) is 4.39 Å². The molecule has 3 aromatic rings. The lowest BCUT2D eigenvalue weighted by Crippen LogP contribution is -2.60. The van der Waals surface area contributed by atoms with Crippen LogP contribution in [0.3, 0.4) is 0 Å². The molecule has 1 amide bonds. The molecule has 8 heteroatoms. The summed E-state index contributed by atoms with van der Waals surface area (Å²) in [5.74, 6) is -3.89. The normalized spacial score (nSPS) is 19.8. The van der Waals surface area contributed by atoms with Gasteiger partial charge in [0.15, 0.2) is 17.4 Å². The third-order valence-electron chi connectivity index (χ3n) is 8.82. The molecule has 226 valence electrons. The Balaban J connectivity index is 1.17. The van der Waals surface area contributed by atoms with Crippen LogP contribution < -0.4 is 15.4 Å². The summed E-state index contributed by atoms with van der Waals surface area (Å²) in [5, 5.41) is 7.20. The first-order valence-corrected chi connectivity index (χ1v) is 15.3. The summed E-state index contributed by atoms with van der Waals surface area (Å²) in [6.07, 6.45) is 4.87. The molecule has 2 aliphatic heterocycles. The number of nitrogens with zero attached hydrogens (tertiary/aromatic N) is 1.